The van der Waals surface area contributed by atoms with E-state index in [1.807, 2.05) is 13.0 Å². The van der Waals surface area contributed by atoms with Gasteiger partial charge in [0.05, 0.1) is 5.56 Å². The largest absolute Gasteiger partial charge is 0.416 e. The van der Waals surface area contributed by atoms with E-state index in [4.69, 9.17) is 0 Å². The minimum atomic E-state index is -4.53. The number of rotatable bonds is 4. The molecule has 2 aromatic rings. The van der Waals surface area contributed by atoms with Crippen molar-refractivity contribution >= 4 is 29.6 Å². The molecule has 0 atom stereocenters. The number of benzene rings is 2. The molecule has 0 aromatic heterocycles. The molecule has 4 amide bonds. The van der Waals surface area contributed by atoms with Crippen LogP contribution in [0.5, 0.6) is 0 Å². The van der Waals surface area contributed by atoms with E-state index in [1.165, 1.54) is 12.1 Å². The predicted molar refractivity (Wildman–Crippen MR) is 99.5 cm³/mol. The van der Waals surface area contributed by atoms with Crippen LogP contribution in [0.1, 0.15) is 16.7 Å². The second kappa shape index (κ2) is 7.78. The molecule has 6 nitrogen and oxygen atoms in total. The molecule has 0 unspecified atom stereocenters. The van der Waals surface area contributed by atoms with Crippen LogP contribution >= 0.6 is 0 Å². The normalized spacial score (nSPS) is 15.6. The predicted octanol–water partition coefficient (Wildman–Crippen LogP) is 3.55. The van der Waals surface area contributed by atoms with Gasteiger partial charge in [-0.05, 0) is 48.4 Å². The van der Waals surface area contributed by atoms with Gasteiger partial charge in [0.2, 0.25) is 5.91 Å². The number of carbonyl (C=O) groups is 3. The van der Waals surface area contributed by atoms with Crippen LogP contribution in [0.15, 0.2) is 54.2 Å². The lowest BCUT2D eigenvalue weighted by Crippen LogP contribution is -2.38. The van der Waals surface area contributed by atoms with Gasteiger partial charge in [-0.3, -0.25) is 9.59 Å². The molecule has 0 bridgehead atoms. The second-order valence-corrected chi connectivity index (χ2v) is 6.42. The number of halogens is 3. The highest BCUT2D eigenvalue weighted by molar-refractivity contribution is 6.15. The first kappa shape index (κ1) is 20.1. The Morgan fingerprint density at radius 3 is 2.55 bits per heavy atom. The van der Waals surface area contributed by atoms with Crippen LogP contribution in [0.4, 0.5) is 23.7 Å². The number of nitrogens with one attached hydrogen (secondary N) is 2. The van der Waals surface area contributed by atoms with Crippen LogP contribution in [0.3, 0.4) is 0 Å². The molecule has 29 heavy (non-hydrogen) atoms. The summed E-state index contributed by atoms with van der Waals surface area (Å²) >= 11 is 0. The molecule has 2 aromatic carbocycles. The zero-order valence-corrected chi connectivity index (χ0v) is 15.2. The summed E-state index contributed by atoms with van der Waals surface area (Å²) in [6, 6.07) is 10.5. The summed E-state index contributed by atoms with van der Waals surface area (Å²) in [6.07, 6.45) is -3.40. The van der Waals surface area contributed by atoms with Gasteiger partial charge in [-0.25, -0.2) is 9.69 Å². The summed E-state index contributed by atoms with van der Waals surface area (Å²) < 4.78 is 38.5. The highest BCUT2D eigenvalue weighted by Gasteiger charge is 2.35. The third-order valence-electron chi connectivity index (χ3n) is 4.09. The van der Waals surface area contributed by atoms with Crippen molar-refractivity contribution in [2.75, 3.05) is 11.9 Å². The fraction of sp³-hybridized carbons (Fsp3) is 0.150. The van der Waals surface area contributed by atoms with Gasteiger partial charge in [0.25, 0.3) is 5.91 Å². The van der Waals surface area contributed by atoms with E-state index < -0.39 is 36.1 Å². The third kappa shape index (κ3) is 4.81. The van der Waals surface area contributed by atoms with Gasteiger partial charge in [-0.15, -0.1) is 0 Å². The van der Waals surface area contributed by atoms with Crippen molar-refractivity contribution in [1.82, 2.24) is 10.2 Å². The quantitative estimate of drug-likeness (QED) is 0.606. The molecule has 1 saturated heterocycles. The van der Waals surface area contributed by atoms with Crippen LogP contribution < -0.4 is 10.6 Å². The number of hydrogen-bond acceptors (Lipinski definition) is 3. The second-order valence-electron chi connectivity index (χ2n) is 6.42. The fourth-order valence-electron chi connectivity index (χ4n) is 2.75. The number of aryl methyl sites for hydroxylation is 1. The molecular weight excluding hydrogens is 387 g/mol. The molecular formula is C20H16F3N3O3. The van der Waals surface area contributed by atoms with Crippen LogP contribution in [0, 0.1) is 6.92 Å². The maximum Gasteiger partial charge on any atom is 0.416 e. The van der Waals surface area contributed by atoms with Crippen molar-refractivity contribution in [2.45, 2.75) is 13.1 Å². The van der Waals surface area contributed by atoms with Crippen molar-refractivity contribution < 1.29 is 27.6 Å². The number of nitrogens with zero attached hydrogens (tertiary/aromatic N) is 1. The van der Waals surface area contributed by atoms with E-state index in [0.717, 1.165) is 23.8 Å². The first-order chi connectivity index (χ1) is 13.6. The van der Waals surface area contributed by atoms with E-state index in [1.54, 1.807) is 18.2 Å². The smallest absolute Gasteiger partial charge is 0.325 e. The Bertz CT molecular complexity index is 1020. The molecule has 1 heterocycles. The van der Waals surface area contributed by atoms with Gasteiger partial charge < -0.3 is 10.6 Å². The van der Waals surface area contributed by atoms with Crippen molar-refractivity contribution in [2.24, 2.45) is 0 Å². The fourth-order valence-corrected chi connectivity index (χ4v) is 2.75. The number of alkyl halides is 3. The summed E-state index contributed by atoms with van der Waals surface area (Å²) in [5.41, 5.74) is 0.441. The molecule has 0 radical (unpaired) electrons. The van der Waals surface area contributed by atoms with E-state index in [-0.39, 0.29) is 11.3 Å². The number of imide groups is 1. The SMILES string of the molecule is Cc1cccc(NC(=O)CN2C(=O)NC(=Cc3cccc(C(F)(F)F)c3)C2=O)c1. The molecule has 150 valence electrons. The minimum absolute atomic E-state index is 0.0922. The van der Waals surface area contributed by atoms with Crippen LogP contribution in [0.2, 0.25) is 0 Å². The maximum atomic E-state index is 12.8. The average Bonchev–Trinajstić information content (AvgIpc) is 2.89. The van der Waals surface area contributed by atoms with E-state index in [0.29, 0.717) is 10.6 Å². The van der Waals surface area contributed by atoms with Crippen molar-refractivity contribution in [3.8, 4) is 0 Å². The molecule has 0 spiro atoms. The summed E-state index contributed by atoms with van der Waals surface area (Å²) in [6.45, 7) is 1.32. The van der Waals surface area contributed by atoms with Crippen LogP contribution in [-0.4, -0.2) is 29.3 Å². The van der Waals surface area contributed by atoms with Crippen molar-refractivity contribution in [3.63, 3.8) is 0 Å². The van der Waals surface area contributed by atoms with E-state index >= 15 is 0 Å². The Balaban J connectivity index is 1.72. The highest BCUT2D eigenvalue weighted by atomic mass is 19.4. The van der Waals surface area contributed by atoms with Crippen LogP contribution in [0.25, 0.3) is 6.08 Å². The standard InChI is InChI=1S/C20H16F3N3O3/c1-12-4-2-7-15(8-12)24-17(27)11-26-18(28)16(25-19(26)29)10-13-5-3-6-14(9-13)20(21,22)23/h2-10H,11H2,1H3,(H,24,27)(H,25,29). The lowest BCUT2D eigenvalue weighted by molar-refractivity contribution is -0.137. The Kier molecular flexibility index (Phi) is 5.40. The number of urea groups is 1. The van der Waals surface area contributed by atoms with Gasteiger partial charge in [0.15, 0.2) is 0 Å². The average molecular weight is 403 g/mol. The van der Waals surface area contributed by atoms with Gasteiger partial charge in [0.1, 0.15) is 12.2 Å². The first-order valence-electron chi connectivity index (χ1n) is 8.52. The summed E-state index contributed by atoms with van der Waals surface area (Å²) in [4.78, 5) is 37.3. The first-order valence-corrected chi connectivity index (χ1v) is 8.52. The third-order valence-corrected chi connectivity index (χ3v) is 4.09. The Hall–Kier alpha value is -3.62. The number of anilines is 1. The monoisotopic (exact) mass is 403 g/mol. The Labute approximate surface area is 164 Å². The van der Waals surface area contributed by atoms with Crippen molar-refractivity contribution in [3.05, 3.63) is 70.9 Å². The molecule has 1 fully saturated rings. The summed E-state index contributed by atoms with van der Waals surface area (Å²) in [5.74, 6) is -1.38. The zero-order valence-electron chi connectivity index (χ0n) is 15.2. The Morgan fingerprint density at radius 1 is 1.14 bits per heavy atom. The maximum absolute atomic E-state index is 12.8. The summed E-state index contributed by atoms with van der Waals surface area (Å²) in [5, 5.41) is 4.86. The molecule has 1 aliphatic heterocycles. The topological polar surface area (TPSA) is 78.5 Å². The lowest BCUT2D eigenvalue weighted by Gasteiger charge is -2.12. The molecule has 0 aliphatic carbocycles. The molecule has 1 aliphatic rings. The van der Waals surface area contributed by atoms with Crippen LogP contribution in [-0.2, 0) is 15.8 Å². The number of carbonyl (C=O) groups excluding carboxylic acids is 3. The lowest BCUT2D eigenvalue weighted by atomic mass is 10.1. The molecule has 9 heteroatoms. The molecule has 3 rings (SSSR count). The van der Waals surface area contributed by atoms with Gasteiger partial charge >= 0.3 is 12.2 Å². The Morgan fingerprint density at radius 2 is 1.86 bits per heavy atom. The zero-order chi connectivity index (χ0) is 21.2. The minimum Gasteiger partial charge on any atom is -0.325 e. The molecule has 0 saturated carbocycles. The molecule has 2 N–H and O–H groups in total. The number of amides is 4. The number of hydrogen-bond donors (Lipinski definition) is 2. The van der Waals surface area contributed by atoms with Gasteiger partial charge in [-0.1, -0.05) is 24.3 Å². The summed E-state index contributed by atoms with van der Waals surface area (Å²) in [7, 11) is 0. The van der Waals surface area contributed by atoms with Gasteiger partial charge in [0, 0.05) is 5.69 Å². The highest BCUT2D eigenvalue weighted by Crippen LogP contribution is 2.30. The van der Waals surface area contributed by atoms with E-state index in [9.17, 15) is 27.6 Å². The van der Waals surface area contributed by atoms with Gasteiger partial charge in [-0.2, -0.15) is 13.2 Å². The van der Waals surface area contributed by atoms with E-state index in [2.05, 4.69) is 10.6 Å². The van der Waals surface area contributed by atoms with Crippen molar-refractivity contribution in [1.29, 1.82) is 0 Å².